The number of carbonyl (C=O) groups excluding carboxylic acids is 2. The molecule has 20 heavy (non-hydrogen) atoms. The molecule has 1 saturated heterocycles. The van der Waals surface area contributed by atoms with Crippen LogP contribution in [0, 0.1) is 5.41 Å². The number of imide groups is 1. The molecular weight excluding hydrogens is 254 g/mol. The molecule has 0 unspecified atom stereocenters. The minimum absolute atomic E-state index is 0.0563. The van der Waals surface area contributed by atoms with Gasteiger partial charge in [-0.2, -0.15) is 0 Å². The van der Waals surface area contributed by atoms with Crippen molar-refractivity contribution in [2.75, 3.05) is 11.4 Å². The molecule has 0 atom stereocenters. The van der Waals surface area contributed by atoms with Crippen molar-refractivity contribution >= 4 is 17.6 Å². The van der Waals surface area contributed by atoms with Gasteiger partial charge >= 0.3 is 6.03 Å². The summed E-state index contributed by atoms with van der Waals surface area (Å²) in [7, 11) is 0. The molecular formula is C15H19N3O2. The number of nitrogens with zero attached hydrogens (tertiary/aromatic N) is 1. The second-order valence-electron chi connectivity index (χ2n) is 5.66. The van der Waals surface area contributed by atoms with Gasteiger partial charge in [0.05, 0.1) is 11.1 Å². The summed E-state index contributed by atoms with van der Waals surface area (Å²) >= 11 is 0. The Hall–Kier alpha value is -1.88. The number of hydrogen-bond donors (Lipinski definition) is 2. The molecule has 0 aromatic heterocycles. The maximum Gasteiger partial charge on any atom is 0.328 e. The van der Waals surface area contributed by atoms with Crippen molar-refractivity contribution in [3.8, 4) is 0 Å². The minimum Gasteiger partial charge on any atom is -0.336 e. The molecule has 2 fully saturated rings. The lowest BCUT2D eigenvalue weighted by atomic mass is 9.83. The number of amides is 3. The summed E-state index contributed by atoms with van der Waals surface area (Å²) in [6.45, 7) is 0.923. The highest BCUT2D eigenvalue weighted by atomic mass is 16.2. The van der Waals surface area contributed by atoms with Gasteiger partial charge in [-0.25, -0.2) is 9.69 Å². The van der Waals surface area contributed by atoms with Crippen LogP contribution in [-0.2, 0) is 11.3 Å². The van der Waals surface area contributed by atoms with E-state index in [-0.39, 0.29) is 17.4 Å². The standard InChI is InChI=1S/C15H19N3O2/c16-9-11-3-5-12(6-4-11)18-13(19)15(7-1-2-8-15)10-17-14(18)20/h3-6H,1-2,7-10,16H2,(H,17,20). The molecule has 1 aliphatic carbocycles. The molecule has 1 aromatic carbocycles. The third-order valence-corrected chi connectivity index (χ3v) is 4.43. The van der Waals surface area contributed by atoms with Gasteiger partial charge in [-0.1, -0.05) is 25.0 Å². The number of hydrogen-bond acceptors (Lipinski definition) is 3. The molecule has 1 saturated carbocycles. The number of benzene rings is 1. The van der Waals surface area contributed by atoms with E-state index in [0.29, 0.717) is 18.8 Å². The van der Waals surface area contributed by atoms with E-state index in [1.807, 2.05) is 12.1 Å². The van der Waals surface area contributed by atoms with E-state index < -0.39 is 0 Å². The zero-order valence-electron chi connectivity index (χ0n) is 11.4. The van der Waals surface area contributed by atoms with Crippen LogP contribution in [0.3, 0.4) is 0 Å². The van der Waals surface area contributed by atoms with E-state index in [1.54, 1.807) is 12.1 Å². The lowest BCUT2D eigenvalue weighted by Crippen LogP contribution is -2.60. The van der Waals surface area contributed by atoms with Crippen molar-refractivity contribution in [1.29, 1.82) is 0 Å². The van der Waals surface area contributed by atoms with Crippen molar-refractivity contribution in [3.63, 3.8) is 0 Å². The molecule has 2 aliphatic rings. The number of anilines is 1. The molecule has 1 spiro atoms. The summed E-state index contributed by atoms with van der Waals surface area (Å²) in [6, 6.07) is 6.95. The van der Waals surface area contributed by atoms with Crippen molar-refractivity contribution in [2.45, 2.75) is 32.2 Å². The zero-order valence-corrected chi connectivity index (χ0v) is 11.4. The first kappa shape index (κ1) is 13.1. The van der Waals surface area contributed by atoms with Crippen molar-refractivity contribution in [3.05, 3.63) is 29.8 Å². The quantitative estimate of drug-likeness (QED) is 0.862. The molecule has 1 aliphatic heterocycles. The summed E-state index contributed by atoms with van der Waals surface area (Å²) in [5.74, 6) is -0.0563. The average molecular weight is 273 g/mol. The monoisotopic (exact) mass is 273 g/mol. The van der Waals surface area contributed by atoms with Gasteiger partial charge in [-0.15, -0.1) is 0 Å². The Morgan fingerprint density at radius 2 is 1.80 bits per heavy atom. The van der Waals surface area contributed by atoms with Gasteiger partial charge in [0, 0.05) is 13.1 Å². The predicted molar refractivity (Wildman–Crippen MR) is 76.1 cm³/mol. The third-order valence-electron chi connectivity index (χ3n) is 4.43. The number of rotatable bonds is 2. The van der Waals surface area contributed by atoms with E-state index in [9.17, 15) is 9.59 Å². The van der Waals surface area contributed by atoms with Gasteiger partial charge in [-0.3, -0.25) is 4.79 Å². The molecule has 5 nitrogen and oxygen atoms in total. The van der Waals surface area contributed by atoms with Crippen molar-refractivity contribution < 1.29 is 9.59 Å². The van der Waals surface area contributed by atoms with Crippen LogP contribution in [0.1, 0.15) is 31.2 Å². The number of urea groups is 1. The normalized spacial score (nSPS) is 21.4. The zero-order chi connectivity index (χ0) is 14.2. The third kappa shape index (κ3) is 1.98. The summed E-state index contributed by atoms with van der Waals surface area (Å²) in [5.41, 5.74) is 6.78. The molecule has 0 bridgehead atoms. The first-order valence-corrected chi connectivity index (χ1v) is 7.08. The fourth-order valence-electron chi connectivity index (χ4n) is 3.19. The van der Waals surface area contributed by atoms with Crippen LogP contribution in [0.5, 0.6) is 0 Å². The van der Waals surface area contributed by atoms with E-state index >= 15 is 0 Å². The van der Waals surface area contributed by atoms with Gasteiger partial charge in [0.2, 0.25) is 5.91 Å². The fourth-order valence-corrected chi connectivity index (χ4v) is 3.19. The molecule has 1 aromatic rings. The lowest BCUT2D eigenvalue weighted by Gasteiger charge is -2.38. The molecule has 3 N–H and O–H groups in total. The molecule has 0 radical (unpaired) electrons. The predicted octanol–water partition coefficient (Wildman–Crippen LogP) is 1.76. The Bertz CT molecular complexity index is 533. The maximum atomic E-state index is 12.8. The largest absolute Gasteiger partial charge is 0.336 e. The van der Waals surface area contributed by atoms with Gasteiger partial charge in [0.1, 0.15) is 0 Å². The second-order valence-corrected chi connectivity index (χ2v) is 5.66. The molecule has 3 amide bonds. The van der Waals surface area contributed by atoms with Crippen LogP contribution >= 0.6 is 0 Å². The molecule has 5 heteroatoms. The fraction of sp³-hybridized carbons (Fsp3) is 0.467. The van der Waals surface area contributed by atoms with Crippen LogP contribution < -0.4 is 16.0 Å². The summed E-state index contributed by atoms with van der Waals surface area (Å²) < 4.78 is 0. The first-order chi connectivity index (χ1) is 9.66. The van der Waals surface area contributed by atoms with Crippen molar-refractivity contribution in [1.82, 2.24) is 5.32 Å². The van der Waals surface area contributed by atoms with E-state index in [1.165, 1.54) is 4.90 Å². The number of carbonyl (C=O) groups is 2. The smallest absolute Gasteiger partial charge is 0.328 e. The highest BCUT2D eigenvalue weighted by Gasteiger charge is 2.49. The Morgan fingerprint density at radius 3 is 2.40 bits per heavy atom. The summed E-state index contributed by atoms with van der Waals surface area (Å²) in [4.78, 5) is 26.1. The van der Waals surface area contributed by atoms with Crippen LogP contribution in [0.2, 0.25) is 0 Å². The van der Waals surface area contributed by atoms with Crippen molar-refractivity contribution in [2.24, 2.45) is 11.1 Å². The SMILES string of the molecule is NCc1ccc(N2C(=O)NCC3(CCCC3)C2=O)cc1. The number of nitrogens with one attached hydrogen (secondary N) is 1. The maximum absolute atomic E-state index is 12.8. The molecule has 1 heterocycles. The highest BCUT2D eigenvalue weighted by molar-refractivity contribution is 6.18. The Kier molecular flexibility index (Phi) is 3.22. The second kappa shape index (κ2) is 4.90. The van der Waals surface area contributed by atoms with Crippen LogP contribution in [-0.4, -0.2) is 18.5 Å². The van der Waals surface area contributed by atoms with Gasteiger partial charge < -0.3 is 11.1 Å². The topological polar surface area (TPSA) is 75.4 Å². The van der Waals surface area contributed by atoms with Crippen LogP contribution in [0.25, 0.3) is 0 Å². The Labute approximate surface area is 118 Å². The minimum atomic E-state index is -0.388. The Balaban J connectivity index is 1.92. The Morgan fingerprint density at radius 1 is 1.15 bits per heavy atom. The summed E-state index contributed by atoms with van der Waals surface area (Å²) in [5, 5.41) is 2.86. The van der Waals surface area contributed by atoms with Gasteiger partial charge in [0.15, 0.2) is 0 Å². The van der Waals surface area contributed by atoms with E-state index in [4.69, 9.17) is 5.73 Å². The lowest BCUT2D eigenvalue weighted by molar-refractivity contribution is -0.127. The number of nitrogens with two attached hydrogens (primary N) is 1. The van der Waals surface area contributed by atoms with Crippen LogP contribution in [0.15, 0.2) is 24.3 Å². The van der Waals surface area contributed by atoms with E-state index in [2.05, 4.69) is 5.32 Å². The average Bonchev–Trinajstić information content (AvgIpc) is 2.94. The molecule has 106 valence electrons. The summed E-state index contributed by atoms with van der Waals surface area (Å²) in [6.07, 6.45) is 3.84. The molecule has 3 rings (SSSR count). The first-order valence-electron chi connectivity index (χ1n) is 7.08. The highest BCUT2D eigenvalue weighted by Crippen LogP contribution is 2.41. The van der Waals surface area contributed by atoms with Gasteiger partial charge in [0.25, 0.3) is 0 Å². The van der Waals surface area contributed by atoms with Gasteiger partial charge in [-0.05, 0) is 30.5 Å². The van der Waals surface area contributed by atoms with E-state index in [0.717, 1.165) is 31.2 Å². The van der Waals surface area contributed by atoms with Crippen LogP contribution in [0.4, 0.5) is 10.5 Å².